The van der Waals surface area contributed by atoms with E-state index in [2.05, 4.69) is 289 Å². The molecule has 2 nitrogen and oxygen atoms in total. The number of fused-ring (bicyclic) bond motifs is 11. The molecular formula is C72H46N2S. The van der Waals surface area contributed by atoms with Gasteiger partial charge >= 0.3 is 0 Å². The number of aromatic nitrogens is 1. The van der Waals surface area contributed by atoms with E-state index >= 15 is 0 Å². The van der Waals surface area contributed by atoms with E-state index in [1.54, 1.807) is 0 Å². The van der Waals surface area contributed by atoms with Gasteiger partial charge in [0.15, 0.2) is 0 Å². The monoisotopic (exact) mass is 970 g/mol. The molecule has 0 bridgehead atoms. The summed E-state index contributed by atoms with van der Waals surface area (Å²) in [6.07, 6.45) is 0. The molecule has 75 heavy (non-hydrogen) atoms. The molecule has 0 saturated heterocycles. The van der Waals surface area contributed by atoms with Gasteiger partial charge in [0.05, 0.1) is 11.0 Å². The van der Waals surface area contributed by atoms with Gasteiger partial charge in [0.2, 0.25) is 0 Å². The number of hydrogen-bond acceptors (Lipinski definition) is 2. The van der Waals surface area contributed by atoms with E-state index in [1.165, 1.54) is 113 Å². The molecule has 0 N–H and O–H groups in total. The highest BCUT2D eigenvalue weighted by Crippen LogP contribution is 2.43. The lowest BCUT2D eigenvalue weighted by Gasteiger charge is -2.26. The van der Waals surface area contributed by atoms with Crippen LogP contribution in [0.1, 0.15) is 0 Å². The molecule has 0 aliphatic heterocycles. The van der Waals surface area contributed by atoms with Crippen LogP contribution in [-0.2, 0) is 0 Å². The summed E-state index contributed by atoms with van der Waals surface area (Å²) < 4.78 is 5.05. The number of hydrogen-bond donors (Lipinski definition) is 0. The molecule has 0 atom stereocenters. The molecule has 0 amide bonds. The van der Waals surface area contributed by atoms with E-state index in [1.807, 2.05) is 11.3 Å². The first-order valence-corrected chi connectivity index (χ1v) is 26.5. The van der Waals surface area contributed by atoms with E-state index in [9.17, 15) is 0 Å². The Balaban J connectivity index is 0.766. The number of nitrogens with zero attached hydrogens (tertiary/aromatic N) is 2. The first-order chi connectivity index (χ1) is 37.1. The van der Waals surface area contributed by atoms with Gasteiger partial charge in [-0.2, -0.15) is 0 Å². The second-order valence-corrected chi connectivity index (χ2v) is 20.7. The van der Waals surface area contributed by atoms with Gasteiger partial charge < -0.3 is 9.47 Å². The van der Waals surface area contributed by atoms with E-state index in [4.69, 9.17) is 0 Å². The Labute approximate surface area is 438 Å². The van der Waals surface area contributed by atoms with Crippen molar-refractivity contribution in [2.75, 3.05) is 4.90 Å². The largest absolute Gasteiger partial charge is 0.311 e. The van der Waals surface area contributed by atoms with Crippen molar-refractivity contribution in [3.63, 3.8) is 0 Å². The second-order valence-electron chi connectivity index (χ2n) is 19.7. The van der Waals surface area contributed by atoms with E-state index in [-0.39, 0.29) is 0 Å². The van der Waals surface area contributed by atoms with Crippen LogP contribution < -0.4 is 4.90 Å². The Morgan fingerprint density at radius 3 is 1.28 bits per heavy atom. The second kappa shape index (κ2) is 17.6. The fourth-order valence-corrected chi connectivity index (χ4v) is 12.9. The molecule has 0 fully saturated rings. The maximum Gasteiger partial charge on any atom is 0.0541 e. The van der Waals surface area contributed by atoms with Crippen molar-refractivity contribution in [3.05, 3.63) is 279 Å². The molecule has 0 aliphatic carbocycles. The van der Waals surface area contributed by atoms with Crippen molar-refractivity contribution >= 4 is 103 Å². The van der Waals surface area contributed by atoms with Crippen LogP contribution in [0, 0.1) is 0 Å². The van der Waals surface area contributed by atoms with Gasteiger partial charge in [0.25, 0.3) is 0 Å². The third-order valence-corrected chi connectivity index (χ3v) is 16.6. The van der Waals surface area contributed by atoms with Gasteiger partial charge in [-0.1, -0.05) is 206 Å². The van der Waals surface area contributed by atoms with Crippen LogP contribution in [0.5, 0.6) is 0 Å². The highest BCUT2D eigenvalue weighted by Gasteiger charge is 2.17. The minimum Gasteiger partial charge on any atom is -0.311 e. The third kappa shape index (κ3) is 7.39. The quantitative estimate of drug-likeness (QED) is 0.138. The molecule has 3 heteroatoms. The lowest BCUT2D eigenvalue weighted by Crippen LogP contribution is -2.09. The lowest BCUT2D eigenvalue weighted by molar-refractivity contribution is 1.18. The van der Waals surface area contributed by atoms with Crippen LogP contribution >= 0.6 is 11.3 Å². The van der Waals surface area contributed by atoms with Crippen LogP contribution in [-0.4, -0.2) is 4.57 Å². The number of thiophene rings is 1. The summed E-state index contributed by atoms with van der Waals surface area (Å²) in [6.45, 7) is 0. The molecule has 0 saturated carbocycles. The number of benzene rings is 13. The van der Waals surface area contributed by atoms with Gasteiger partial charge in [-0.05, 0) is 150 Å². The van der Waals surface area contributed by atoms with Crippen molar-refractivity contribution in [3.8, 4) is 50.2 Å². The minimum absolute atomic E-state index is 1.09. The average molecular weight is 971 g/mol. The van der Waals surface area contributed by atoms with Gasteiger partial charge in [0, 0.05) is 53.7 Å². The van der Waals surface area contributed by atoms with Crippen LogP contribution in [0.3, 0.4) is 0 Å². The maximum atomic E-state index is 2.39. The first-order valence-electron chi connectivity index (χ1n) is 25.7. The molecule has 0 unspecified atom stereocenters. The van der Waals surface area contributed by atoms with Gasteiger partial charge in [0.1, 0.15) is 0 Å². The Bertz CT molecular complexity index is 4620. The molecule has 0 radical (unpaired) electrons. The van der Waals surface area contributed by atoms with Crippen LogP contribution in [0.25, 0.3) is 124 Å². The van der Waals surface area contributed by atoms with E-state index in [0.717, 1.165) is 28.3 Å². The molecule has 0 aliphatic rings. The molecule has 15 aromatic rings. The molecular weight excluding hydrogens is 925 g/mol. The van der Waals surface area contributed by atoms with Crippen LogP contribution in [0.15, 0.2) is 279 Å². The maximum absolute atomic E-state index is 2.39. The van der Waals surface area contributed by atoms with E-state index < -0.39 is 0 Å². The summed E-state index contributed by atoms with van der Waals surface area (Å²) in [5, 5.41) is 12.9. The highest BCUT2D eigenvalue weighted by molar-refractivity contribution is 7.26. The standard InChI is InChI=1S/C72H46N2S/c1-3-14-62-52(10-1)24-25-57-44-55(33-41-63(57)62)49-22-20-47(21-23-49)48-26-35-58(36-27-48)73(60-39-30-51(31-40-60)56-34-42-67-68-43-32-53-11-2-4-15-64(53)72(68)75-71(67)46-56)59-37-28-50(29-38-59)54-12-9-13-61(45-54)74-69-18-7-5-16-65(69)66-17-6-8-19-70(66)74/h1-46H. The van der Waals surface area contributed by atoms with E-state index in [0.29, 0.717) is 0 Å². The highest BCUT2D eigenvalue weighted by atomic mass is 32.1. The lowest BCUT2D eigenvalue weighted by atomic mass is 9.96. The van der Waals surface area contributed by atoms with Gasteiger partial charge in [-0.3, -0.25) is 0 Å². The zero-order valence-electron chi connectivity index (χ0n) is 40.9. The summed E-state index contributed by atoms with van der Waals surface area (Å²) in [5.74, 6) is 0. The van der Waals surface area contributed by atoms with Crippen molar-refractivity contribution in [2.45, 2.75) is 0 Å². The zero-order chi connectivity index (χ0) is 49.4. The first kappa shape index (κ1) is 43.1. The van der Waals surface area contributed by atoms with Gasteiger partial charge in [-0.25, -0.2) is 0 Å². The topological polar surface area (TPSA) is 8.17 Å². The Kier molecular flexibility index (Phi) is 10.1. The van der Waals surface area contributed by atoms with Crippen molar-refractivity contribution in [2.24, 2.45) is 0 Å². The summed E-state index contributed by atoms with van der Waals surface area (Å²) >= 11 is 1.89. The van der Waals surface area contributed by atoms with Crippen LogP contribution in [0.2, 0.25) is 0 Å². The predicted octanol–water partition coefficient (Wildman–Crippen LogP) is 20.7. The summed E-state index contributed by atoms with van der Waals surface area (Å²) in [5.41, 5.74) is 16.4. The molecule has 13 aromatic carbocycles. The Morgan fingerprint density at radius 2 is 0.667 bits per heavy atom. The summed E-state index contributed by atoms with van der Waals surface area (Å²) in [4.78, 5) is 2.37. The predicted molar refractivity (Wildman–Crippen MR) is 323 cm³/mol. The molecule has 350 valence electrons. The smallest absolute Gasteiger partial charge is 0.0541 e. The molecule has 0 spiro atoms. The number of anilines is 3. The number of rotatable bonds is 8. The van der Waals surface area contributed by atoms with Gasteiger partial charge in [-0.15, -0.1) is 11.3 Å². The Hall–Kier alpha value is -9.54. The van der Waals surface area contributed by atoms with Crippen molar-refractivity contribution in [1.82, 2.24) is 4.57 Å². The van der Waals surface area contributed by atoms with Crippen LogP contribution in [0.4, 0.5) is 17.1 Å². The fourth-order valence-electron chi connectivity index (χ4n) is 11.6. The Morgan fingerprint density at radius 1 is 0.253 bits per heavy atom. The molecule has 2 aromatic heterocycles. The minimum atomic E-state index is 1.09. The van der Waals surface area contributed by atoms with Crippen molar-refractivity contribution < 1.29 is 0 Å². The van der Waals surface area contributed by atoms with Crippen molar-refractivity contribution in [1.29, 1.82) is 0 Å². The summed E-state index contributed by atoms with van der Waals surface area (Å²) in [6, 6.07) is 103. The molecule has 2 heterocycles. The summed E-state index contributed by atoms with van der Waals surface area (Å²) in [7, 11) is 0. The SMILES string of the molecule is c1cc(-c2ccc(N(c3ccc(-c4ccc(-c5ccc6c(ccc7ccccc76)c5)cc4)cc3)c3ccc(-c4ccc5c(c4)sc4c6ccccc6ccc54)cc3)cc2)cc(-n2c3ccccc3c3ccccc32)c1. The third-order valence-electron chi connectivity index (χ3n) is 15.4. The number of para-hydroxylation sites is 2. The zero-order valence-corrected chi connectivity index (χ0v) is 41.7. The fraction of sp³-hybridized carbons (Fsp3) is 0. The normalized spacial score (nSPS) is 11.7. The molecule has 15 rings (SSSR count). The average Bonchev–Trinajstić information content (AvgIpc) is 4.06.